The number of rotatable bonds is 3. The van der Waals surface area contributed by atoms with E-state index in [0.29, 0.717) is 13.0 Å². The number of aryl methyl sites for hydroxylation is 1. The largest absolute Gasteiger partial charge is 0.374 e. The zero-order valence-electron chi connectivity index (χ0n) is 10.0. The molecule has 0 bridgehead atoms. The number of hydrogen-bond acceptors (Lipinski definition) is 5. The first-order valence-corrected chi connectivity index (χ1v) is 6.79. The van der Waals surface area contributed by atoms with Gasteiger partial charge in [-0.3, -0.25) is 4.68 Å². The van der Waals surface area contributed by atoms with Crippen molar-refractivity contribution in [2.24, 2.45) is 7.05 Å². The zero-order valence-corrected chi connectivity index (χ0v) is 10.9. The van der Waals surface area contributed by atoms with Crippen LogP contribution in [0.1, 0.15) is 20.3 Å². The SMILES string of the molecule is Cn1cc(S(=O)(=O)NC2COC(C)(C)C2)nn1. The molecule has 0 aromatic carbocycles. The van der Waals surface area contributed by atoms with Gasteiger partial charge in [-0.2, -0.15) is 0 Å². The Hall–Kier alpha value is -0.990. The Balaban J connectivity index is 2.09. The summed E-state index contributed by atoms with van der Waals surface area (Å²) in [6, 6.07) is -0.211. The van der Waals surface area contributed by atoms with Crippen molar-refractivity contribution in [1.29, 1.82) is 0 Å². The van der Waals surface area contributed by atoms with Gasteiger partial charge in [0.15, 0.2) is 0 Å². The molecule has 1 aliphatic rings. The number of aromatic nitrogens is 3. The predicted octanol–water partition coefficient (Wildman–Crippen LogP) is -0.339. The fourth-order valence-electron chi connectivity index (χ4n) is 1.84. The number of nitrogens with zero attached hydrogens (tertiary/aromatic N) is 3. The third-order valence-electron chi connectivity index (χ3n) is 2.59. The van der Waals surface area contributed by atoms with E-state index in [9.17, 15) is 8.42 Å². The lowest BCUT2D eigenvalue weighted by Crippen LogP contribution is -2.36. The maximum Gasteiger partial charge on any atom is 0.261 e. The topological polar surface area (TPSA) is 86.1 Å². The van der Waals surface area contributed by atoms with Crippen LogP contribution in [0.25, 0.3) is 0 Å². The number of nitrogens with one attached hydrogen (secondary N) is 1. The highest BCUT2D eigenvalue weighted by Crippen LogP contribution is 2.25. The van der Waals surface area contributed by atoms with Gasteiger partial charge in [0.05, 0.1) is 18.4 Å². The maximum absolute atomic E-state index is 11.9. The van der Waals surface area contributed by atoms with Gasteiger partial charge in [-0.25, -0.2) is 13.1 Å². The molecule has 7 nitrogen and oxygen atoms in total. The van der Waals surface area contributed by atoms with Crippen LogP contribution in [0.3, 0.4) is 0 Å². The van der Waals surface area contributed by atoms with E-state index in [2.05, 4.69) is 15.0 Å². The molecule has 0 saturated carbocycles. The number of sulfonamides is 1. The molecule has 1 saturated heterocycles. The summed E-state index contributed by atoms with van der Waals surface area (Å²) >= 11 is 0. The molecular formula is C9H16N4O3S. The van der Waals surface area contributed by atoms with Gasteiger partial charge in [0, 0.05) is 13.1 Å². The first kappa shape index (κ1) is 12.5. The molecule has 17 heavy (non-hydrogen) atoms. The van der Waals surface area contributed by atoms with Crippen molar-refractivity contribution >= 4 is 10.0 Å². The minimum atomic E-state index is -3.60. The molecule has 8 heteroatoms. The molecule has 1 aromatic rings. The smallest absolute Gasteiger partial charge is 0.261 e. The van der Waals surface area contributed by atoms with Crippen LogP contribution >= 0.6 is 0 Å². The van der Waals surface area contributed by atoms with E-state index in [0.717, 1.165) is 0 Å². The second-order valence-electron chi connectivity index (χ2n) is 4.82. The highest BCUT2D eigenvalue weighted by molar-refractivity contribution is 7.89. The fraction of sp³-hybridized carbons (Fsp3) is 0.778. The summed E-state index contributed by atoms with van der Waals surface area (Å²) in [5, 5.41) is 7.12. The van der Waals surface area contributed by atoms with Gasteiger partial charge in [-0.05, 0) is 20.3 Å². The van der Waals surface area contributed by atoms with Crippen molar-refractivity contribution < 1.29 is 13.2 Å². The Morgan fingerprint density at radius 2 is 2.29 bits per heavy atom. The molecule has 1 fully saturated rings. The first-order chi connectivity index (χ1) is 7.78. The van der Waals surface area contributed by atoms with Gasteiger partial charge in [-0.15, -0.1) is 5.10 Å². The van der Waals surface area contributed by atoms with Gasteiger partial charge in [-0.1, -0.05) is 5.21 Å². The highest BCUT2D eigenvalue weighted by Gasteiger charge is 2.35. The minimum absolute atomic E-state index is 0.0651. The third-order valence-corrected chi connectivity index (χ3v) is 3.97. The predicted molar refractivity (Wildman–Crippen MR) is 59.8 cm³/mol. The molecule has 0 radical (unpaired) electrons. The molecule has 2 rings (SSSR count). The van der Waals surface area contributed by atoms with Crippen LogP contribution in [0.15, 0.2) is 11.2 Å². The summed E-state index contributed by atoms with van der Waals surface area (Å²) in [5.74, 6) is 0. The molecule has 0 spiro atoms. The van der Waals surface area contributed by atoms with Crippen molar-refractivity contribution in [2.45, 2.75) is 36.9 Å². The molecule has 0 amide bonds. The van der Waals surface area contributed by atoms with E-state index in [-0.39, 0.29) is 16.7 Å². The minimum Gasteiger partial charge on any atom is -0.374 e. The molecule has 96 valence electrons. The summed E-state index contributed by atoms with van der Waals surface area (Å²) in [5.41, 5.74) is -0.282. The normalized spacial score (nSPS) is 24.1. The molecule has 1 N–H and O–H groups in total. The molecular weight excluding hydrogens is 244 g/mol. The Morgan fingerprint density at radius 1 is 1.59 bits per heavy atom. The summed E-state index contributed by atoms with van der Waals surface area (Å²) in [4.78, 5) is 0. The lowest BCUT2D eigenvalue weighted by atomic mass is 10.0. The Labute approximate surface area is 100 Å². The van der Waals surface area contributed by atoms with Crippen molar-refractivity contribution in [3.63, 3.8) is 0 Å². The summed E-state index contributed by atoms with van der Waals surface area (Å²) in [6.07, 6.45) is 2.01. The van der Waals surface area contributed by atoms with Crippen molar-refractivity contribution in [3.05, 3.63) is 6.20 Å². The Bertz CT molecular complexity index is 508. The molecule has 1 atom stereocenters. The van der Waals surface area contributed by atoms with Gasteiger partial charge in [0.1, 0.15) is 0 Å². The van der Waals surface area contributed by atoms with E-state index >= 15 is 0 Å². The van der Waals surface area contributed by atoms with Crippen LogP contribution in [0, 0.1) is 0 Å². The average molecular weight is 260 g/mol. The van der Waals surface area contributed by atoms with Crippen LogP contribution in [0.2, 0.25) is 0 Å². The van der Waals surface area contributed by atoms with Crippen LogP contribution < -0.4 is 4.72 Å². The second-order valence-corrected chi connectivity index (χ2v) is 6.48. The summed E-state index contributed by atoms with van der Waals surface area (Å²) < 4.78 is 33.3. The van der Waals surface area contributed by atoms with E-state index in [1.54, 1.807) is 7.05 Å². The van der Waals surface area contributed by atoms with E-state index in [4.69, 9.17) is 4.74 Å². The van der Waals surface area contributed by atoms with E-state index in [1.807, 2.05) is 13.8 Å². The van der Waals surface area contributed by atoms with Gasteiger partial charge < -0.3 is 4.74 Å². The van der Waals surface area contributed by atoms with Gasteiger partial charge in [0.2, 0.25) is 5.03 Å². The third kappa shape index (κ3) is 2.82. The van der Waals surface area contributed by atoms with Crippen LogP contribution in [0.5, 0.6) is 0 Å². The molecule has 1 aromatic heterocycles. The summed E-state index contributed by atoms with van der Waals surface area (Å²) in [7, 11) is -1.98. The Morgan fingerprint density at radius 3 is 2.76 bits per heavy atom. The standard InChI is InChI=1S/C9H16N4O3S/c1-9(2)4-7(6-16-9)11-17(14,15)8-5-13(3)12-10-8/h5,7,11H,4,6H2,1-3H3. The quantitative estimate of drug-likeness (QED) is 0.803. The monoisotopic (exact) mass is 260 g/mol. The van der Waals surface area contributed by atoms with E-state index in [1.165, 1.54) is 10.9 Å². The number of hydrogen-bond donors (Lipinski definition) is 1. The van der Waals surface area contributed by atoms with Crippen molar-refractivity contribution in [3.8, 4) is 0 Å². The van der Waals surface area contributed by atoms with Crippen LogP contribution in [0.4, 0.5) is 0 Å². The summed E-state index contributed by atoms with van der Waals surface area (Å²) in [6.45, 7) is 4.25. The first-order valence-electron chi connectivity index (χ1n) is 5.31. The van der Waals surface area contributed by atoms with Gasteiger partial charge in [0.25, 0.3) is 10.0 Å². The lowest BCUT2D eigenvalue weighted by molar-refractivity contribution is 0.0359. The maximum atomic E-state index is 11.9. The van der Waals surface area contributed by atoms with Crippen molar-refractivity contribution in [1.82, 2.24) is 19.7 Å². The van der Waals surface area contributed by atoms with Crippen molar-refractivity contribution in [2.75, 3.05) is 6.61 Å². The molecule has 1 aliphatic heterocycles. The Kier molecular flexibility index (Phi) is 2.96. The van der Waals surface area contributed by atoms with Gasteiger partial charge >= 0.3 is 0 Å². The molecule has 0 aliphatic carbocycles. The second kappa shape index (κ2) is 4.04. The van der Waals surface area contributed by atoms with Crippen LogP contribution in [-0.2, 0) is 21.8 Å². The van der Waals surface area contributed by atoms with Crippen LogP contribution in [-0.4, -0.2) is 41.7 Å². The van der Waals surface area contributed by atoms with E-state index < -0.39 is 10.0 Å². The number of ether oxygens (including phenoxy) is 1. The fourth-order valence-corrected chi connectivity index (χ4v) is 2.99. The lowest BCUT2D eigenvalue weighted by Gasteiger charge is -2.15. The highest BCUT2D eigenvalue weighted by atomic mass is 32.2. The molecule has 2 heterocycles. The average Bonchev–Trinajstić information content (AvgIpc) is 2.72. The molecule has 1 unspecified atom stereocenters. The zero-order chi connectivity index (χ0) is 12.7.